The molecule has 4 aromatic rings. The molecule has 1 aromatic heterocycles. The van der Waals surface area contributed by atoms with Crippen molar-refractivity contribution in [1.82, 2.24) is 9.78 Å². The minimum atomic E-state index is -0.330. The molecule has 0 saturated heterocycles. The minimum absolute atomic E-state index is 0.218. The number of para-hydroxylation sites is 2. The van der Waals surface area contributed by atoms with Gasteiger partial charge in [0.05, 0.1) is 23.1 Å². The van der Waals surface area contributed by atoms with Gasteiger partial charge in [-0.3, -0.25) is 9.59 Å². The molecule has 4 rings (SSSR count). The van der Waals surface area contributed by atoms with Gasteiger partial charge in [-0.15, -0.1) is 0 Å². The van der Waals surface area contributed by atoms with Gasteiger partial charge in [-0.1, -0.05) is 48.0 Å². The van der Waals surface area contributed by atoms with Gasteiger partial charge in [-0.2, -0.15) is 5.10 Å². The number of aromatic nitrogens is 2. The van der Waals surface area contributed by atoms with Crippen molar-refractivity contribution < 1.29 is 4.79 Å². The molecule has 0 aliphatic heterocycles. The van der Waals surface area contributed by atoms with Crippen molar-refractivity contribution in [1.29, 1.82) is 0 Å². The zero-order chi connectivity index (χ0) is 22.7. The van der Waals surface area contributed by atoms with Crippen molar-refractivity contribution in [3.8, 4) is 11.3 Å². The molecule has 1 atom stereocenters. The molecule has 3 aromatic carbocycles. The largest absolute Gasteiger partial charge is 0.397 e. The normalized spacial score (nSPS) is 11.7. The Balaban J connectivity index is 1.57. The summed E-state index contributed by atoms with van der Waals surface area (Å²) in [5.41, 5.74) is 9.53. The van der Waals surface area contributed by atoms with Crippen molar-refractivity contribution in [3.63, 3.8) is 0 Å². The summed E-state index contributed by atoms with van der Waals surface area (Å²) < 4.78 is 1.43. The molecule has 0 aliphatic rings. The Labute approximate surface area is 190 Å². The van der Waals surface area contributed by atoms with Gasteiger partial charge in [0.25, 0.3) is 11.5 Å². The Morgan fingerprint density at radius 3 is 2.47 bits per heavy atom. The van der Waals surface area contributed by atoms with Crippen LogP contribution in [0.2, 0.25) is 5.02 Å². The van der Waals surface area contributed by atoms with Crippen LogP contribution in [0.5, 0.6) is 0 Å². The molecule has 0 radical (unpaired) electrons. The number of amides is 1. The van der Waals surface area contributed by atoms with E-state index >= 15 is 0 Å². The van der Waals surface area contributed by atoms with E-state index in [1.165, 1.54) is 10.7 Å². The van der Waals surface area contributed by atoms with Crippen LogP contribution in [0.1, 0.15) is 28.9 Å². The molecule has 32 heavy (non-hydrogen) atoms. The molecule has 0 saturated carbocycles. The summed E-state index contributed by atoms with van der Waals surface area (Å²) >= 11 is 6.09. The van der Waals surface area contributed by atoms with Crippen LogP contribution in [-0.4, -0.2) is 15.7 Å². The highest BCUT2D eigenvalue weighted by Crippen LogP contribution is 2.23. The van der Waals surface area contributed by atoms with E-state index in [1.54, 1.807) is 54.6 Å². The van der Waals surface area contributed by atoms with Gasteiger partial charge in [0.1, 0.15) is 0 Å². The number of hydrogen-bond donors (Lipinski definition) is 2. The van der Waals surface area contributed by atoms with Crippen molar-refractivity contribution >= 4 is 28.9 Å². The molecule has 3 N–H and O–H groups in total. The molecule has 0 fully saturated rings. The molecular formula is C25H21ClN4O2. The molecule has 6 nitrogen and oxygen atoms in total. The number of anilines is 2. The first kappa shape index (κ1) is 21.3. The Morgan fingerprint density at radius 1 is 1.00 bits per heavy atom. The summed E-state index contributed by atoms with van der Waals surface area (Å²) in [5.74, 6) is -0.264. The number of carbonyl (C=O) groups is 1. The van der Waals surface area contributed by atoms with E-state index in [1.807, 2.05) is 31.2 Å². The lowest BCUT2D eigenvalue weighted by Crippen LogP contribution is -2.26. The van der Waals surface area contributed by atoms with Crippen molar-refractivity contribution in [2.24, 2.45) is 0 Å². The van der Waals surface area contributed by atoms with Gasteiger partial charge in [0, 0.05) is 22.2 Å². The minimum Gasteiger partial charge on any atom is -0.397 e. The quantitative estimate of drug-likeness (QED) is 0.423. The third-order valence-electron chi connectivity index (χ3n) is 5.18. The Hall–Kier alpha value is -3.90. The van der Waals surface area contributed by atoms with Crippen LogP contribution in [-0.2, 0) is 0 Å². The van der Waals surface area contributed by atoms with E-state index in [0.717, 1.165) is 11.1 Å². The maximum absolute atomic E-state index is 12.6. The van der Waals surface area contributed by atoms with Gasteiger partial charge in [-0.05, 0) is 55.0 Å². The van der Waals surface area contributed by atoms with Gasteiger partial charge >= 0.3 is 0 Å². The second-order valence-corrected chi connectivity index (χ2v) is 7.79. The van der Waals surface area contributed by atoms with E-state index in [4.69, 9.17) is 17.3 Å². The predicted octanol–water partition coefficient (Wildman–Crippen LogP) is 5.01. The smallest absolute Gasteiger partial charge is 0.267 e. The van der Waals surface area contributed by atoms with Crippen molar-refractivity contribution in [2.75, 3.05) is 11.1 Å². The fourth-order valence-corrected chi connectivity index (χ4v) is 3.55. The average Bonchev–Trinajstić information content (AvgIpc) is 2.80. The Kier molecular flexibility index (Phi) is 6.05. The molecule has 0 spiro atoms. The maximum Gasteiger partial charge on any atom is 0.267 e. The number of nitrogens with zero attached hydrogens (tertiary/aromatic N) is 2. The molecule has 1 unspecified atom stereocenters. The van der Waals surface area contributed by atoms with Gasteiger partial charge in [-0.25, -0.2) is 4.68 Å². The third-order valence-corrected chi connectivity index (χ3v) is 5.41. The number of carbonyl (C=O) groups excluding carboxylic acids is 1. The van der Waals surface area contributed by atoms with E-state index in [9.17, 15) is 9.59 Å². The highest BCUT2D eigenvalue weighted by molar-refractivity contribution is 6.30. The maximum atomic E-state index is 12.6. The van der Waals surface area contributed by atoms with Crippen LogP contribution in [0.4, 0.5) is 11.4 Å². The number of hydrogen-bond acceptors (Lipinski definition) is 4. The summed E-state index contributed by atoms with van der Waals surface area (Å²) in [5, 5.41) is 7.94. The Morgan fingerprint density at radius 2 is 1.75 bits per heavy atom. The predicted molar refractivity (Wildman–Crippen MR) is 128 cm³/mol. The third kappa shape index (κ3) is 4.55. The fraction of sp³-hybridized carbons (Fsp3) is 0.0800. The number of rotatable bonds is 5. The highest BCUT2D eigenvalue weighted by Gasteiger charge is 2.14. The molecular weight excluding hydrogens is 424 g/mol. The lowest BCUT2D eigenvalue weighted by atomic mass is 10.1. The van der Waals surface area contributed by atoms with Crippen LogP contribution < -0.4 is 16.6 Å². The van der Waals surface area contributed by atoms with E-state index < -0.39 is 0 Å². The van der Waals surface area contributed by atoms with Crippen LogP contribution in [0.15, 0.2) is 89.7 Å². The van der Waals surface area contributed by atoms with Crippen molar-refractivity contribution in [2.45, 2.75) is 13.0 Å². The summed E-state index contributed by atoms with van der Waals surface area (Å²) in [6, 6.07) is 24.3. The van der Waals surface area contributed by atoms with E-state index in [0.29, 0.717) is 27.7 Å². The first-order chi connectivity index (χ1) is 15.4. The Bertz CT molecular complexity index is 1330. The zero-order valence-corrected chi connectivity index (χ0v) is 18.1. The fourth-order valence-electron chi connectivity index (χ4n) is 3.36. The van der Waals surface area contributed by atoms with E-state index in [-0.39, 0.29) is 17.5 Å². The molecule has 1 amide bonds. The number of halogens is 1. The summed E-state index contributed by atoms with van der Waals surface area (Å²) in [6.45, 7) is 1.88. The summed E-state index contributed by atoms with van der Waals surface area (Å²) in [4.78, 5) is 25.0. The second-order valence-electron chi connectivity index (χ2n) is 7.35. The van der Waals surface area contributed by atoms with Crippen LogP contribution in [0, 0.1) is 0 Å². The van der Waals surface area contributed by atoms with Gasteiger partial charge < -0.3 is 11.1 Å². The summed E-state index contributed by atoms with van der Waals surface area (Å²) in [7, 11) is 0. The topological polar surface area (TPSA) is 90.0 Å². The molecule has 0 bridgehead atoms. The average molecular weight is 445 g/mol. The summed E-state index contributed by atoms with van der Waals surface area (Å²) in [6.07, 6.45) is 0. The van der Waals surface area contributed by atoms with Gasteiger partial charge in [0.15, 0.2) is 0 Å². The molecule has 1 heterocycles. The number of nitrogen functional groups attached to an aromatic ring is 1. The SMILES string of the molecule is CC(c1ccc(C(=O)Nc2ccccc2N)cc1)n1nc(-c2cccc(Cl)c2)ccc1=O. The van der Waals surface area contributed by atoms with Crippen LogP contribution in [0.3, 0.4) is 0 Å². The second kappa shape index (κ2) is 9.08. The molecule has 7 heteroatoms. The first-order valence-electron chi connectivity index (χ1n) is 10.0. The van der Waals surface area contributed by atoms with Crippen molar-refractivity contribution in [3.05, 3.63) is 111 Å². The van der Waals surface area contributed by atoms with E-state index in [2.05, 4.69) is 10.4 Å². The number of nitrogens with two attached hydrogens (primary N) is 1. The number of nitrogens with one attached hydrogen (secondary N) is 1. The van der Waals surface area contributed by atoms with Crippen LogP contribution in [0.25, 0.3) is 11.3 Å². The monoisotopic (exact) mass is 444 g/mol. The first-order valence-corrected chi connectivity index (χ1v) is 10.4. The standard InChI is InChI=1S/C25H21ClN4O2/c1-16(30-24(31)14-13-22(29-30)19-5-4-6-20(26)15-19)17-9-11-18(12-10-17)25(32)28-23-8-3-2-7-21(23)27/h2-16H,27H2,1H3,(H,28,32). The number of benzene rings is 3. The van der Waals surface area contributed by atoms with Gasteiger partial charge in [0.2, 0.25) is 0 Å². The highest BCUT2D eigenvalue weighted by atomic mass is 35.5. The van der Waals surface area contributed by atoms with Crippen LogP contribution >= 0.6 is 11.6 Å². The lowest BCUT2D eigenvalue weighted by Gasteiger charge is -2.16. The lowest BCUT2D eigenvalue weighted by molar-refractivity contribution is 0.102. The molecule has 0 aliphatic carbocycles. The zero-order valence-electron chi connectivity index (χ0n) is 17.3. The molecule has 160 valence electrons.